The summed E-state index contributed by atoms with van der Waals surface area (Å²) in [6.45, 7) is 5.54. The zero-order valence-corrected chi connectivity index (χ0v) is 13.0. The van der Waals surface area contributed by atoms with Gasteiger partial charge >= 0.3 is 5.97 Å². The third-order valence-electron chi connectivity index (χ3n) is 4.10. The average Bonchev–Trinajstić information content (AvgIpc) is 2.45. The van der Waals surface area contributed by atoms with Crippen molar-refractivity contribution >= 4 is 22.6 Å². The van der Waals surface area contributed by atoms with E-state index in [1.54, 1.807) is 13.1 Å². The highest BCUT2D eigenvalue weighted by Gasteiger charge is 2.33. The Morgan fingerprint density at radius 3 is 2.59 bits per heavy atom. The molecule has 0 saturated carbocycles. The standard InChI is InChI=1S/C17H20N2O3/c1-11(2)17(3,8-15(20)21)19-16(22)14-10-18-9-12-6-4-5-7-13(12)14/h4-7,9-11H,8H2,1-3H3,(H,19,22)(H,20,21). The first kappa shape index (κ1) is 15.9. The molecule has 2 rings (SSSR count). The number of nitrogens with zero attached hydrogens (tertiary/aromatic N) is 1. The maximum absolute atomic E-state index is 12.6. The fourth-order valence-corrected chi connectivity index (χ4v) is 2.33. The van der Waals surface area contributed by atoms with Gasteiger partial charge in [0.1, 0.15) is 0 Å². The van der Waals surface area contributed by atoms with Crippen molar-refractivity contribution in [2.45, 2.75) is 32.7 Å². The monoisotopic (exact) mass is 300 g/mol. The molecule has 0 fully saturated rings. The van der Waals surface area contributed by atoms with E-state index in [1.807, 2.05) is 38.1 Å². The number of aliphatic carboxylic acids is 1. The van der Waals surface area contributed by atoms with Crippen LogP contribution in [0.25, 0.3) is 10.8 Å². The van der Waals surface area contributed by atoms with E-state index in [1.165, 1.54) is 6.20 Å². The van der Waals surface area contributed by atoms with E-state index in [2.05, 4.69) is 10.3 Å². The number of amides is 1. The maximum atomic E-state index is 12.6. The van der Waals surface area contributed by atoms with Crippen molar-refractivity contribution in [3.05, 3.63) is 42.2 Å². The van der Waals surface area contributed by atoms with Crippen LogP contribution in [-0.2, 0) is 4.79 Å². The smallest absolute Gasteiger partial charge is 0.305 e. The summed E-state index contributed by atoms with van der Waals surface area (Å²) in [6, 6.07) is 7.49. The van der Waals surface area contributed by atoms with E-state index < -0.39 is 11.5 Å². The van der Waals surface area contributed by atoms with Crippen LogP contribution in [0.1, 0.15) is 37.6 Å². The molecule has 0 aliphatic rings. The molecule has 1 amide bonds. The van der Waals surface area contributed by atoms with Gasteiger partial charge in [0.2, 0.25) is 0 Å². The van der Waals surface area contributed by atoms with E-state index in [9.17, 15) is 9.59 Å². The van der Waals surface area contributed by atoms with Gasteiger partial charge in [-0.3, -0.25) is 14.6 Å². The Labute approximate surface area is 129 Å². The zero-order valence-electron chi connectivity index (χ0n) is 13.0. The molecule has 22 heavy (non-hydrogen) atoms. The van der Waals surface area contributed by atoms with Gasteiger partial charge in [0.15, 0.2) is 0 Å². The Bertz CT molecular complexity index is 707. The minimum atomic E-state index is -0.937. The quantitative estimate of drug-likeness (QED) is 0.890. The van der Waals surface area contributed by atoms with E-state index >= 15 is 0 Å². The van der Waals surface area contributed by atoms with Gasteiger partial charge in [-0.05, 0) is 18.2 Å². The second-order valence-electron chi connectivity index (χ2n) is 6.01. The summed E-state index contributed by atoms with van der Waals surface area (Å²) in [5, 5.41) is 13.6. The first-order chi connectivity index (χ1) is 10.3. The lowest BCUT2D eigenvalue weighted by molar-refractivity contribution is -0.138. The summed E-state index contributed by atoms with van der Waals surface area (Å²) in [5.74, 6) is -1.26. The lowest BCUT2D eigenvalue weighted by Gasteiger charge is -2.33. The second-order valence-corrected chi connectivity index (χ2v) is 6.01. The van der Waals surface area contributed by atoms with Gasteiger partial charge in [0.25, 0.3) is 5.91 Å². The molecule has 0 aliphatic heterocycles. The minimum Gasteiger partial charge on any atom is -0.481 e. The fraction of sp³-hybridized carbons (Fsp3) is 0.353. The predicted molar refractivity (Wildman–Crippen MR) is 84.7 cm³/mol. The van der Waals surface area contributed by atoms with Gasteiger partial charge < -0.3 is 10.4 Å². The number of carbonyl (C=O) groups excluding carboxylic acids is 1. The number of carboxylic acids is 1. The number of hydrogen-bond acceptors (Lipinski definition) is 3. The summed E-state index contributed by atoms with van der Waals surface area (Å²) in [4.78, 5) is 27.8. The second kappa shape index (κ2) is 6.13. The number of benzene rings is 1. The molecular formula is C17H20N2O3. The van der Waals surface area contributed by atoms with Crippen LogP contribution < -0.4 is 5.32 Å². The van der Waals surface area contributed by atoms with E-state index in [4.69, 9.17) is 5.11 Å². The van der Waals surface area contributed by atoms with Gasteiger partial charge in [0, 0.05) is 17.8 Å². The molecule has 2 aromatic rings. The number of rotatable bonds is 5. The normalized spacial score (nSPS) is 13.8. The van der Waals surface area contributed by atoms with E-state index in [-0.39, 0.29) is 18.2 Å². The number of fused-ring (bicyclic) bond motifs is 1. The molecule has 5 heteroatoms. The Hall–Kier alpha value is -2.43. The SMILES string of the molecule is CC(C)C(C)(CC(=O)O)NC(=O)c1cncc2ccccc12. The molecule has 1 aromatic heterocycles. The van der Waals surface area contributed by atoms with Crippen molar-refractivity contribution < 1.29 is 14.7 Å². The van der Waals surface area contributed by atoms with Crippen molar-refractivity contribution in [2.75, 3.05) is 0 Å². The van der Waals surface area contributed by atoms with Crippen molar-refractivity contribution in [1.29, 1.82) is 0 Å². The van der Waals surface area contributed by atoms with Gasteiger partial charge in [-0.25, -0.2) is 0 Å². The van der Waals surface area contributed by atoms with Crippen LogP contribution in [0, 0.1) is 5.92 Å². The summed E-state index contributed by atoms with van der Waals surface area (Å²) in [5.41, 5.74) is -0.366. The van der Waals surface area contributed by atoms with Crippen molar-refractivity contribution in [3.63, 3.8) is 0 Å². The Morgan fingerprint density at radius 2 is 1.95 bits per heavy atom. The molecule has 2 N–H and O–H groups in total. The number of hydrogen-bond donors (Lipinski definition) is 2. The maximum Gasteiger partial charge on any atom is 0.305 e. The van der Waals surface area contributed by atoms with Crippen LogP contribution in [0.2, 0.25) is 0 Å². The van der Waals surface area contributed by atoms with Crippen molar-refractivity contribution in [1.82, 2.24) is 10.3 Å². The summed E-state index contributed by atoms with van der Waals surface area (Å²) in [6.07, 6.45) is 3.08. The molecule has 1 heterocycles. The molecule has 0 bridgehead atoms. The lowest BCUT2D eigenvalue weighted by atomic mass is 9.85. The molecule has 1 atom stereocenters. The van der Waals surface area contributed by atoms with Crippen LogP contribution in [0.5, 0.6) is 0 Å². The molecule has 1 unspecified atom stereocenters. The van der Waals surface area contributed by atoms with Gasteiger partial charge in [0.05, 0.1) is 17.5 Å². The number of carboxylic acid groups (broad SMARTS) is 1. The van der Waals surface area contributed by atoms with Crippen molar-refractivity contribution in [3.8, 4) is 0 Å². The fourth-order valence-electron chi connectivity index (χ4n) is 2.33. The highest BCUT2D eigenvalue weighted by molar-refractivity contribution is 6.06. The van der Waals surface area contributed by atoms with Gasteiger partial charge in [-0.2, -0.15) is 0 Å². The van der Waals surface area contributed by atoms with Crippen LogP contribution in [-0.4, -0.2) is 27.5 Å². The largest absolute Gasteiger partial charge is 0.481 e. The number of pyridine rings is 1. The average molecular weight is 300 g/mol. The molecule has 0 saturated heterocycles. The van der Waals surface area contributed by atoms with Crippen LogP contribution in [0.15, 0.2) is 36.7 Å². The highest BCUT2D eigenvalue weighted by Crippen LogP contribution is 2.23. The first-order valence-electron chi connectivity index (χ1n) is 7.20. The lowest BCUT2D eigenvalue weighted by Crippen LogP contribution is -2.51. The molecule has 0 spiro atoms. The number of aromatic nitrogens is 1. The predicted octanol–water partition coefficient (Wildman–Crippen LogP) is 2.85. The summed E-state index contributed by atoms with van der Waals surface area (Å²) < 4.78 is 0. The minimum absolute atomic E-state index is 0.0181. The molecule has 1 aromatic carbocycles. The number of nitrogens with one attached hydrogen (secondary N) is 1. The Morgan fingerprint density at radius 1 is 1.27 bits per heavy atom. The van der Waals surface area contributed by atoms with E-state index in [0.717, 1.165) is 10.8 Å². The van der Waals surface area contributed by atoms with Crippen molar-refractivity contribution in [2.24, 2.45) is 5.92 Å². The third kappa shape index (κ3) is 3.24. The van der Waals surface area contributed by atoms with Crippen LogP contribution >= 0.6 is 0 Å². The highest BCUT2D eigenvalue weighted by atomic mass is 16.4. The third-order valence-corrected chi connectivity index (χ3v) is 4.10. The summed E-state index contributed by atoms with van der Waals surface area (Å²) in [7, 11) is 0. The molecule has 0 aliphatic carbocycles. The van der Waals surface area contributed by atoms with Gasteiger partial charge in [-0.15, -0.1) is 0 Å². The molecule has 116 valence electrons. The molecule has 0 radical (unpaired) electrons. The van der Waals surface area contributed by atoms with Gasteiger partial charge in [-0.1, -0.05) is 38.1 Å². The zero-order chi connectivity index (χ0) is 16.3. The molecular weight excluding hydrogens is 280 g/mol. The Balaban J connectivity index is 2.36. The topological polar surface area (TPSA) is 79.3 Å². The van der Waals surface area contributed by atoms with Crippen LogP contribution in [0.3, 0.4) is 0 Å². The van der Waals surface area contributed by atoms with E-state index in [0.29, 0.717) is 5.56 Å². The Kier molecular flexibility index (Phi) is 4.45. The number of carbonyl (C=O) groups is 2. The summed E-state index contributed by atoms with van der Waals surface area (Å²) >= 11 is 0. The first-order valence-corrected chi connectivity index (χ1v) is 7.20. The van der Waals surface area contributed by atoms with Crippen LogP contribution in [0.4, 0.5) is 0 Å². The molecule has 5 nitrogen and oxygen atoms in total.